The number of amides is 2. The van der Waals surface area contributed by atoms with Crippen LogP contribution in [0.5, 0.6) is 0 Å². The smallest absolute Gasteiger partial charge is 0.308 e. The maximum absolute atomic E-state index is 14.5. The average Bonchev–Trinajstić information content (AvgIpc) is 3.47. The van der Waals surface area contributed by atoms with Crippen LogP contribution in [-0.4, -0.2) is 25.3 Å². The zero-order chi connectivity index (χ0) is 26.4. The highest BCUT2D eigenvalue weighted by Crippen LogP contribution is 2.39. The monoisotopic (exact) mass is 505 g/mol. The van der Waals surface area contributed by atoms with Gasteiger partial charge in [0.2, 0.25) is 0 Å². The Kier molecular flexibility index (Phi) is 5.83. The summed E-state index contributed by atoms with van der Waals surface area (Å²) >= 11 is 0. The topological polar surface area (TPSA) is 55.1 Å². The molecule has 0 bridgehead atoms. The second kappa shape index (κ2) is 9.34. The average molecular weight is 506 g/mol. The molecule has 1 aliphatic rings. The quantitative estimate of drug-likeness (QED) is 0.291. The lowest BCUT2D eigenvalue weighted by Crippen LogP contribution is -2.38. The van der Waals surface area contributed by atoms with Gasteiger partial charge in [0.05, 0.1) is 29.7 Å². The van der Waals surface area contributed by atoms with E-state index < -0.39 is 6.04 Å². The lowest BCUT2D eigenvalue weighted by molar-refractivity contribution is 0.194. The molecule has 0 aliphatic carbocycles. The maximum Gasteiger partial charge on any atom is 0.322 e. The van der Waals surface area contributed by atoms with Crippen LogP contribution in [0.3, 0.4) is 0 Å². The molecule has 0 saturated heterocycles. The van der Waals surface area contributed by atoms with Crippen LogP contribution in [0, 0.1) is 26.6 Å². The van der Waals surface area contributed by atoms with Crippen LogP contribution in [0.25, 0.3) is 11.5 Å². The molecule has 3 aromatic carbocycles. The largest absolute Gasteiger partial charge is 0.322 e. The Balaban J connectivity index is 1.53. The van der Waals surface area contributed by atoms with Crippen LogP contribution in [0.2, 0.25) is 0 Å². The standard InChI is InChI=1S/C31H28FN5O/c1-20-14-15-25(17-21(20)2)33-31(38)36-19-27-22(3)34-37(26-11-5-4-6-12-26)30(27)35-16-8-13-28(35)29(36)23-9-7-10-24(32)18-23/h4-18,29H,19H2,1-3H3,(H,33,38)/t29-/m0/s1. The van der Waals surface area contributed by atoms with Crippen molar-refractivity contribution in [3.8, 4) is 11.5 Å². The minimum Gasteiger partial charge on any atom is -0.308 e. The highest BCUT2D eigenvalue weighted by Gasteiger charge is 2.36. The second-order valence-electron chi connectivity index (χ2n) is 9.75. The first kappa shape index (κ1) is 23.7. The van der Waals surface area contributed by atoms with Crippen molar-refractivity contribution in [2.45, 2.75) is 33.4 Å². The first-order valence-electron chi connectivity index (χ1n) is 12.6. The Morgan fingerprint density at radius 3 is 2.50 bits per heavy atom. The Morgan fingerprint density at radius 1 is 0.921 bits per heavy atom. The summed E-state index contributed by atoms with van der Waals surface area (Å²) in [7, 11) is 0. The van der Waals surface area contributed by atoms with Crippen molar-refractivity contribution in [1.82, 2.24) is 19.2 Å². The summed E-state index contributed by atoms with van der Waals surface area (Å²) < 4.78 is 18.5. The third-order valence-electron chi connectivity index (χ3n) is 7.27. The van der Waals surface area contributed by atoms with Crippen LogP contribution in [0.4, 0.5) is 14.9 Å². The summed E-state index contributed by atoms with van der Waals surface area (Å²) in [6, 6.07) is 25.4. The molecule has 7 heteroatoms. The molecule has 0 fully saturated rings. The first-order chi connectivity index (χ1) is 18.4. The number of halogens is 1. The molecule has 1 atom stereocenters. The lowest BCUT2D eigenvalue weighted by atomic mass is 10.0. The number of carbonyl (C=O) groups is 1. The zero-order valence-corrected chi connectivity index (χ0v) is 21.5. The molecular weight excluding hydrogens is 477 g/mol. The Labute approximate surface area is 221 Å². The molecule has 0 spiro atoms. The molecule has 0 unspecified atom stereocenters. The van der Waals surface area contributed by atoms with Gasteiger partial charge in [0.15, 0.2) is 0 Å². The maximum atomic E-state index is 14.5. The van der Waals surface area contributed by atoms with Crippen molar-refractivity contribution in [1.29, 1.82) is 0 Å². The predicted octanol–water partition coefficient (Wildman–Crippen LogP) is 6.86. The molecule has 2 aromatic heterocycles. The zero-order valence-electron chi connectivity index (χ0n) is 21.5. The molecule has 6 rings (SSSR count). The van der Waals surface area contributed by atoms with Gasteiger partial charge in [0.1, 0.15) is 11.6 Å². The van der Waals surface area contributed by atoms with E-state index in [1.807, 2.05) is 98.4 Å². The van der Waals surface area contributed by atoms with E-state index in [4.69, 9.17) is 5.10 Å². The summed E-state index contributed by atoms with van der Waals surface area (Å²) in [5.41, 5.74) is 7.19. The summed E-state index contributed by atoms with van der Waals surface area (Å²) in [5, 5.41) is 7.96. The second-order valence-corrected chi connectivity index (χ2v) is 9.75. The van der Waals surface area contributed by atoms with Crippen molar-refractivity contribution in [2.75, 3.05) is 5.32 Å². The predicted molar refractivity (Wildman–Crippen MR) is 146 cm³/mol. The van der Waals surface area contributed by atoms with Crippen LogP contribution < -0.4 is 5.32 Å². The van der Waals surface area contributed by atoms with E-state index in [0.717, 1.165) is 39.6 Å². The van der Waals surface area contributed by atoms with Crippen LogP contribution >= 0.6 is 0 Å². The lowest BCUT2D eigenvalue weighted by Gasteiger charge is -2.31. The van der Waals surface area contributed by atoms with Gasteiger partial charge in [0, 0.05) is 17.4 Å². The van der Waals surface area contributed by atoms with Crippen molar-refractivity contribution in [3.05, 3.63) is 131 Å². The van der Waals surface area contributed by atoms with Crippen LogP contribution in [0.15, 0.2) is 91.1 Å². The fraction of sp³-hybridized carbons (Fsp3) is 0.161. The minimum atomic E-state index is -0.525. The SMILES string of the molecule is Cc1ccc(NC(=O)N2Cc3c(C)nn(-c4ccccc4)c3-n3cccc3[C@@H]2c2cccc(F)c2)cc1C. The minimum absolute atomic E-state index is 0.269. The Bertz CT molecular complexity index is 1650. The number of nitrogens with zero attached hydrogens (tertiary/aromatic N) is 4. The highest BCUT2D eigenvalue weighted by atomic mass is 19.1. The van der Waals surface area contributed by atoms with Gasteiger partial charge in [-0.05, 0) is 86.0 Å². The van der Waals surface area contributed by atoms with Crippen molar-refractivity contribution >= 4 is 11.7 Å². The molecule has 2 amide bonds. The van der Waals surface area contributed by atoms with E-state index in [9.17, 15) is 9.18 Å². The number of anilines is 1. The highest BCUT2D eigenvalue weighted by molar-refractivity contribution is 5.90. The van der Waals surface area contributed by atoms with Gasteiger partial charge in [-0.25, -0.2) is 13.9 Å². The number of hydrogen-bond donors (Lipinski definition) is 1. The summed E-state index contributed by atoms with van der Waals surface area (Å²) in [4.78, 5) is 15.8. The fourth-order valence-corrected chi connectivity index (χ4v) is 5.19. The number of hydrogen-bond acceptors (Lipinski definition) is 2. The number of benzene rings is 3. The molecule has 38 heavy (non-hydrogen) atoms. The number of urea groups is 1. The number of carbonyl (C=O) groups excluding carboxylic acids is 1. The third-order valence-corrected chi connectivity index (χ3v) is 7.27. The van der Waals surface area contributed by atoms with Crippen LogP contribution in [0.1, 0.15) is 39.7 Å². The van der Waals surface area contributed by atoms with E-state index in [-0.39, 0.29) is 11.8 Å². The van der Waals surface area contributed by atoms with Gasteiger partial charge in [0.25, 0.3) is 0 Å². The number of rotatable bonds is 3. The number of fused-ring (bicyclic) bond motifs is 3. The molecule has 6 nitrogen and oxygen atoms in total. The van der Waals surface area contributed by atoms with E-state index in [1.165, 1.54) is 12.1 Å². The molecular formula is C31H28FN5O. The molecule has 1 aliphatic heterocycles. The summed E-state index contributed by atoms with van der Waals surface area (Å²) in [6.45, 7) is 6.32. The van der Waals surface area contributed by atoms with E-state index >= 15 is 0 Å². The molecule has 0 saturated carbocycles. The van der Waals surface area contributed by atoms with Crippen molar-refractivity contribution < 1.29 is 9.18 Å². The molecule has 0 radical (unpaired) electrons. The van der Waals surface area contributed by atoms with Gasteiger partial charge in [-0.3, -0.25) is 0 Å². The molecule has 190 valence electrons. The van der Waals surface area contributed by atoms with E-state index in [1.54, 1.807) is 11.0 Å². The third kappa shape index (κ3) is 4.06. The van der Waals surface area contributed by atoms with Crippen molar-refractivity contribution in [3.63, 3.8) is 0 Å². The summed E-state index contributed by atoms with van der Waals surface area (Å²) in [6.07, 6.45) is 1.98. The van der Waals surface area contributed by atoms with Gasteiger partial charge < -0.3 is 14.8 Å². The molecule has 5 aromatic rings. The fourth-order valence-electron chi connectivity index (χ4n) is 5.19. The van der Waals surface area contributed by atoms with Crippen LogP contribution in [-0.2, 0) is 6.54 Å². The van der Waals surface area contributed by atoms with E-state index in [2.05, 4.69) is 9.88 Å². The first-order valence-corrected chi connectivity index (χ1v) is 12.6. The number of nitrogens with one attached hydrogen (secondary N) is 1. The normalized spacial score (nSPS) is 14.5. The molecule has 3 heterocycles. The Hall–Kier alpha value is -4.65. The summed E-state index contributed by atoms with van der Waals surface area (Å²) in [5.74, 6) is 0.528. The number of aromatic nitrogens is 3. The van der Waals surface area contributed by atoms with E-state index in [0.29, 0.717) is 17.8 Å². The Morgan fingerprint density at radius 2 is 1.74 bits per heavy atom. The number of aryl methyl sites for hydroxylation is 3. The molecule has 1 N–H and O–H groups in total. The van der Waals surface area contributed by atoms with Gasteiger partial charge >= 0.3 is 6.03 Å². The van der Waals surface area contributed by atoms with Gasteiger partial charge in [-0.1, -0.05) is 36.4 Å². The van der Waals surface area contributed by atoms with Gasteiger partial charge in [-0.2, -0.15) is 5.10 Å². The number of para-hydroxylation sites is 1. The van der Waals surface area contributed by atoms with Gasteiger partial charge in [-0.15, -0.1) is 0 Å². The van der Waals surface area contributed by atoms with Crippen molar-refractivity contribution in [2.24, 2.45) is 0 Å².